The van der Waals surface area contributed by atoms with E-state index in [0.29, 0.717) is 5.92 Å². The van der Waals surface area contributed by atoms with Crippen molar-refractivity contribution in [2.45, 2.75) is 32.1 Å². The van der Waals surface area contributed by atoms with Crippen molar-refractivity contribution < 1.29 is 4.74 Å². The highest BCUT2D eigenvalue weighted by Crippen LogP contribution is 2.28. The van der Waals surface area contributed by atoms with Crippen molar-refractivity contribution in [2.75, 3.05) is 6.61 Å². The van der Waals surface area contributed by atoms with Gasteiger partial charge in [0, 0.05) is 12.3 Å². The molecule has 1 aliphatic rings. The van der Waals surface area contributed by atoms with E-state index in [9.17, 15) is 0 Å². The van der Waals surface area contributed by atoms with E-state index in [1.807, 2.05) is 0 Å². The predicted molar refractivity (Wildman–Crippen MR) is 71.9 cm³/mol. The number of benzene rings is 1. The molecule has 0 aliphatic heterocycles. The van der Waals surface area contributed by atoms with Gasteiger partial charge in [-0.2, -0.15) is 0 Å². The molecule has 0 bridgehead atoms. The second-order valence-corrected chi connectivity index (χ2v) is 4.44. The van der Waals surface area contributed by atoms with Crippen LogP contribution in [0.25, 0.3) is 0 Å². The smallest absolute Gasteiger partial charge is 0.0968 e. The molecule has 1 aliphatic carbocycles. The molecule has 90 valence electrons. The SMILES string of the molecule is CCCCOC1=CC=CC(c2ccccc2)C1. The summed E-state index contributed by atoms with van der Waals surface area (Å²) in [5.41, 5.74) is 1.37. The first kappa shape index (κ1) is 12.0. The lowest BCUT2D eigenvalue weighted by Crippen LogP contribution is -2.04. The molecular weight excluding hydrogens is 208 g/mol. The molecule has 0 radical (unpaired) electrons. The van der Waals surface area contributed by atoms with Gasteiger partial charge in [-0.15, -0.1) is 0 Å². The van der Waals surface area contributed by atoms with Crippen molar-refractivity contribution in [3.8, 4) is 0 Å². The summed E-state index contributed by atoms with van der Waals surface area (Å²) in [5, 5.41) is 0. The van der Waals surface area contributed by atoms with Crippen LogP contribution in [0.4, 0.5) is 0 Å². The summed E-state index contributed by atoms with van der Waals surface area (Å²) in [6.45, 7) is 3.03. The molecule has 0 N–H and O–H groups in total. The van der Waals surface area contributed by atoms with E-state index in [4.69, 9.17) is 4.74 Å². The molecule has 0 saturated carbocycles. The molecule has 1 aromatic rings. The van der Waals surface area contributed by atoms with Gasteiger partial charge in [-0.3, -0.25) is 0 Å². The van der Waals surface area contributed by atoms with Crippen LogP contribution in [0.5, 0.6) is 0 Å². The van der Waals surface area contributed by atoms with Crippen molar-refractivity contribution in [3.63, 3.8) is 0 Å². The summed E-state index contributed by atoms with van der Waals surface area (Å²) in [6, 6.07) is 10.6. The van der Waals surface area contributed by atoms with Crippen molar-refractivity contribution in [3.05, 3.63) is 59.9 Å². The van der Waals surface area contributed by atoms with Crippen LogP contribution in [0.3, 0.4) is 0 Å². The minimum Gasteiger partial charge on any atom is -0.498 e. The average Bonchev–Trinajstić information content (AvgIpc) is 2.41. The molecule has 0 amide bonds. The Morgan fingerprint density at radius 1 is 1.24 bits per heavy atom. The van der Waals surface area contributed by atoms with Crippen molar-refractivity contribution in [1.29, 1.82) is 0 Å². The topological polar surface area (TPSA) is 9.23 Å². The van der Waals surface area contributed by atoms with E-state index < -0.39 is 0 Å². The molecule has 0 fully saturated rings. The summed E-state index contributed by atoms with van der Waals surface area (Å²) in [7, 11) is 0. The third kappa shape index (κ3) is 3.48. The van der Waals surface area contributed by atoms with E-state index in [1.165, 1.54) is 12.0 Å². The summed E-state index contributed by atoms with van der Waals surface area (Å²) in [5.74, 6) is 1.59. The zero-order valence-electron chi connectivity index (χ0n) is 10.4. The Balaban J connectivity index is 1.93. The minimum atomic E-state index is 0.470. The molecule has 1 nitrogen and oxygen atoms in total. The van der Waals surface area contributed by atoms with Crippen LogP contribution in [-0.4, -0.2) is 6.61 Å². The second-order valence-electron chi connectivity index (χ2n) is 4.44. The van der Waals surface area contributed by atoms with Crippen molar-refractivity contribution in [2.24, 2.45) is 0 Å². The van der Waals surface area contributed by atoms with Gasteiger partial charge in [-0.1, -0.05) is 55.8 Å². The molecule has 17 heavy (non-hydrogen) atoms. The molecule has 0 aromatic heterocycles. The first-order valence-electron chi connectivity index (χ1n) is 6.45. The highest BCUT2D eigenvalue weighted by Gasteiger charge is 2.13. The molecular formula is C16H20O. The van der Waals surface area contributed by atoms with Crippen LogP contribution in [0.2, 0.25) is 0 Å². The third-order valence-corrected chi connectivity index (χ3v) is 3.06. The number of unbranched alkanes of at least 4 members (excludes halogenated alkanes) is 1. The molecule has 1 aromatic carbocycles. The van der Waals surface area contributed by atoms with Gasteiger partial charge in [0.15, 0.2) is 0 Å². The maximum absolute atomic E-state index is 5.78. The number of hydrogen-bond acceptors (Lipinski definition) is 1. The number of rotatable bonds is 5. The monoisotopic (exact) mass is 228 g/mol. The quantitative estimate of drug-likeness (QED) is 0.677. The van der Waals surface area contributed by atoms with E-state index in [1.54, 1.807) is 0 Å². The van der Waals surface area contributed by atoms with Crippen LogP contribution in [0.1, 0.15) is 37.7 Å². The Hall–Kier alpha value is -1.50. The molecule has 1 heteroatoms. The van der Waals surface area contributed by atoms with E-state index in [2.05, 4.69) is 55.5 Å². The molecule has 2 rings (SSSR count). The zero-order valence-corrected chi connectivity index (χ0v) is 10.4. The summed E-state index contributed by atoms with van der Waals surface area (Å²) >= 11 is 0. The lowest BCUT2D eigenvalue weighted by Gasteiger charge is -2.19. The average molecular weight is 228 g/mol. The lowest BCUT2D eigenvalue weighted by molar-refractivity contribution is 0.195. The first-order chi connectivity index (χ1) is 8.40. The number of allylic oxidation sites excluding steroid dienone is 4. The Morgan fingerprint density at radius 2 is 2.06 bits per heavy atom. The molecule has 1 unspecified atom stereocenters. The van der Waals surface area contributed by atoms with Crippen molar-refractivity contribution in [1.82, 2.24) is 0 Å². The molecule has 0 heterocycles. The fraction of sp³-hybridized carbons (Fsp3) is 0.375. The highest BCUT2D eigenvalue weighted by atomic mass is 16.5. The van der Waals surface area contributed by atoms with Gasteiger partial charge in [-0.05, 0) is 18.1 Å². The molecule has 0 saturated heterocycles. The van der Waals surface area contributed by atoms with Crippen LogP contribution in [-0.2, 0) is 4.74 Å². The third-order valence-electron chi connectivity index (χ3n) is 3.06. The van der Waals surface area contributed by atoms with Crippen LogP contribution >= 0.6 is 0 Å². The normalized spacial score (nSPS) is 18.9. The van der Waals surface area contributed by atoms with Gasteiger partial charge >= 0.3 is 0 Å². The van der Waals surface area contributed by atoms with Crippen molar-refractivity contribution >= 4 is 0 Å². The maximum atomic E-state index is 5.78. The molecule has 1 atom stereocenters. The first-order valence-corrected chi connectivity index (χ1v) is 6.45. The van der Waals surface area contributed by atoms with E-state index in [-0.39, 0.29) is 0 Å². The van der Waals surface area contributed by atoms with Crippen LogP contribution < -0.4 is 0 Å². The summed E-state index contributed by atoms with van der Waals surface area (Å²) < 4.78 is 5.78. The largest absolute Gasteiger partial charge is 0.498 e. The standard InChI is InChI=1S/C16H20O/c1-2-3-12-17-16-11-7-10-15(13-16)14-8-5-4-6-9-14/h4-11,15H,2-3,12-13H2,1H3. The van der Waals surface area contributed by atoms with Gasteiger partial charge in [0.2, 0.25) is 0 Å². The maximum Gasteiger partial charge on any atom is 0.0968 e. The van der Waals surface area contributed by atoms with Gasteiger partial charge in [0.25, 0.3) is 0 Å². The van der Waals surface area contributed by atoms with E-state index in [0.717, 1.165) is 25.2 Å². The Morgan fingerprint density at radius 3 is 2.82 bits per heavy atom. The minimum absolute atomic E-state index is 0.470. The predicted octanol–water partition coefficient (Wildman–Crippen LogP) is 4.43. The van der Waals surface area contributed by atoms with Crippen LogP contribution in [0, 0.1) is 0 Å². The fourth-order valence-electron chi connectivity index (χ4n) is 2.03. The lowest BCUT2D eigenvalue weighted by atomic mass is 9.92. The summed E-state index contributed by atoms with van der Waals surface area (Å²) in [6.07, 6.45) is 9.77. The fourth-order valence-corrected chi connectivity index (χ4v) is 2.03. The van der Waals surface area contributed by atoms with Crippen LogP contribution in [0.15, 0.2) is 54.3 Å². The second kappa shape index (κ2) is 6.29. The van der Waals surface area contributed by atoms with Gasteiger partial charge in [-0.25, -0.2) is 0 Å². The summed E-state index contributed by atoms with van der Waals surface area (Å²) in [4.78, 5) is 0. The van der Waals surface area contributed by atoms with Gasteiger partial charge in [0.05, 0.1) is 12.4 Å². The van der Waals surface area contributed by atoms with Gasteiger partial charge in [0.1, 0.15) is 0 Å². The highest BCUT2D eigenvalue weighted by molar-refractivity contribution is 5.30. The Kier molecular flexibility index (Phi) is 4.43. The Labute approximate surface area is 104 Å². The van der Waals surface area contributed by atoms with Gasteiger partial charge < -0.3 is 4.74 Å². The zero-order chi connectivity index (χ0) is 11.9. The number of ether oxygens (including phenoxy) is 1. The molecule has 0 spiro atoms. The van der Waals surface area contributed by atoms with E-state index >= 15 is 0 Å². The Bertz CT molecular complexity index is 389. The number of hydrogen-bond donors (Lipinski definition) is 0.